The summed E-state index contributed by atoms with van der Waals surface area (Å²) in [5.41, 5.74) is 2.09. The molecule has 1 aromatic carbocycles. The van der Waals surface area contributed by atoms with E-state index in [1.807, 2.05) is 24.3 Å². The molecule has 1 unspecified atom stereocenters. The van der Waals surface area contributed by atoms with E-state index in [2.05, 4.69) is 10.6 Å². The largest absolute Gasteiger partial charge is 0.384 e. The van der Waals surface area contributed by atoms with Gasteiger partial charge in [0.05, 0.1) is 13.0 Å². The molecule has 0 bridgehead atoms. The summed E-state index contributed by atoms with van der Waals surface area (Å²) < 4.78 is 5.48. The molecule has 0 aromatic heterocycles. The predicted molar refractivity (Wildman–Crippen MR) is 76.2 cm³/mol. The van der Waals surface area contributed by atoms with Crippen LogP contribution in [0.25, 0.3) is 0 Å². The highest BCUT2D eigenvalue weighted by Gasteiger charge is 2.14. The van der Waals surface area contributed by atoms with Crippen LogP contribution < -0.4 is 10.6 Å². The molecule has 1 aliphatic heterocycles. The standard InChI is InChI=1S/C15H22N2O2/c1-16-15(18)9-13-6-2-3-7-14(13)17-10-12-5-4-8-19-11-12/h2-3,6-7,12,17H,4-5,8-11H2,1H3,(H,16,18). The first-order chi connectivity index (χ1) is 9.29. The topological polar surface area (TPSA) is 50.4 Å². The lowest BCUT2D eigenvalue weighted by molar-refractivity contribution is -0.119. The van der Waals surface area contributed by atoms with Crippen molar-refractivity contribution in [1.29, 1.82) is 0 Å². The van der Waals surface area contributed by atoms with E-state index in [4.69, 9.17) is 4.74 Å². The van der Waals surface area contributed by atoms with Crippen LogP contribution in [0, 0.1) is 5.92 Å². The van der Waals surface area contributed by atoms with Crippen LogP contribution in [-0.2, 0) is 16.0 Å². The lowest BCUT2D eigenvalue weighted by atomic mass is 10.0. The van der Waals surface area contributed by atoms with Crippen LogP contribution in [-0.4, -0.2) is 32.7 Å². The molecule has 1 atom stereocenters. The number of ether oxygens (including phenoxy) is 1. The predicted octanol–water partition coefficient (Wildman–Crippen LogP) is 1.81. The minimum Gasteiger partial charge on any atom is -0.384 e. The molecule has 1 heterocycles. The van der Waals surface area contributed by atoms with Gasteiger partial charge in [-0.05, 0) is 30.4 Å². The van der Waals surface area contributed by atoms with Crippen molar-refractivity contribution >= 4 is 11.6 Å². The number of benzene rings is 1. The van der Waals surface area contributed by atoms with Gasteiger partial charge in [0, 0.05) is 25.9 Å². The molecule has 1 aromatic rings. The van der Waals surface area contributed by atoms with Crippen molar-refractivity contribution in [3.05, 3.63) is 29.8 Å². The molecule has 4 nitrogen and oxygen atoms in total. The van der Waals surface area contributed by atoms with Gasteiger partial charge in [0.1, 0.15) is 0 Å². The maximum Gasteiger partial charge on any atom is 0.224 e. The van der Waals surface area contributed by atoms with Crippen LogP contribution in [0.3, 0.4) is 0 Å². The van der Waals surface area contributed by atoms with Gasteiger partial charge in [-0.3, -0.25) is 4.79 Å². The van der Waals surface area contributed by atoms with Crippen molar-refractivity contribution in [2.24, 2.45) is 5.92 Å². The second-order valence-electron chi connectivity index (χ2n) is 4.97. The summed E-state index contributed by atoms with van der Waals surface area (Å²) in [4.78, 5) is 11.5. The molecule has 2 rings (SSSR count). The molecule has 104 valence electrons. The summed E-state index contributed by atoms with van der Waals surface area (Å²) in [6, 6.07) is 7.98. The number of para-hydroxylation sites is 1. The minimum atomic E-state index is 0.0373. The van der Waals surface area contributed by atoms with Gasteiger partial charge in [-0.1, -0.05) is 18.2 Å². The van der Waals surface area contributed by atoms with Crippen LogP contribution in [0.1, 0.15) is 18.4 Å². The van der Waals surface area contributed by atoms with E-state index in [0.29, 0.717) is 12.3 Å². The number of rotatable bonds is 5. The van der Waals surface area contributed by atoms with Crippen LogP contribution in [0.15, 0.2) is 24.3 Å². The number of carbonyl (C=O) groups is 1. The Hall–Kier alpha value is -1.55. The van der Waals surface area contributed by atoms with Gasteiger partial charge in [0.25, 0.3) is 0 Å². The molecule has 1 amide bonds. The molecule has 1 aliphatic rings. The Labute approximate surface area is 114 Å². The maximum absolute atomic E-state index is 11.5. The van der Waals surface area contributed by atoms with Gasteiger partial charge in [0.2, 0.25) is 5.91 Å². The van der Waals surface area contributed by atoms with E-state index < -0.39 is 0 Å². The zero-order valence-corrected chi connectivity index (χ0v) is 11.4. The van der Waals surface area contributed by atoms with Gasteiger partial charge in [-0.2, -0.15) is 0 Å². The summed E-state index contributed by atoms with van der Waals surface area (Å²) in [7, 11) is 1.66. The molecule has 1 fully saturated rings. The van der Waals surface area contributed by atoms with E-state index in [0.717, 1.165) is 37.4 Å². The average Bonchev–Trinajstić information content (AvgIpc) is 2.47. The first kappa shape index (κ1) is 13.9. The van der Waals surface area contributed by atoms with E-state index in [1.165, 1.54) is 6.42 Å². The van der Waals surface area contributed by atoms with Gasteiger partial charge in [0.15, 0.2) is 0 Å². The van der Waals surface area contributed by atoms with E-state index in [9.17, 15) is 4.79 Å². The first-order valence-electron chi connectivity index (χ1n) is 6.89. The number of carbonyl (C=O) groups excluding carboxylic acids is 1. The smallest absolute Gasteiger partial charge is 0.224 e. The van der Waals surface area contributed by atoms with Gasteiger partial charge >= 0.3 is 0 Å². The highest BCUT2D eigenvalue weighted by molar-refractivity contribution is 5.80. The second-order valence-corrected chi connectivity index (χ2v) is 4.97. The summed E-state index contributed by atoms with van der Waals surface area (Å²) in [5.74, 6) is 0.608. The summed E-state index contributed by atoms with van der Waals surface area (Å²) in [5, 5.41) is 6.11. The molecule has 0 aliphatic carbocycles. The third kappa shape index (κ3) is 4.24. The third-order valence-corrected chi connectivity index (χ3v) is 3.48. The molecule has 2 N–H and O–H groups in total. The second kappa shape index (κ2) is 7.14. The van der Waals surface area contributed by atoms with Crippen LogP contribution in [0.2, 0.25) is 0 Å². The van der Waals surface area contributed by atoms with Crippen LogP contribution in [0.5, 0.6) is 0 Å². The van der Waals surface area contributed by atoms with E-state index in [-0.39, 0.29) is 5.91 Å². The third-order valence-electron chi connectivity index (χ3n) is 3.48. The Balaban J connectivity index is 1.93. The summed E-state index contributed by atoms with van der Waals surface area (Å²) in [6.45, 7) is 2.64. The lowest BCUT2D eigenvalue weighted by Crippen LogP contribution is -2.25. The lowest BCUT2D eigenvalue weighted by Gasteiger charge is -2.23. The average molecular weight is 262 g/mol. The zero-order chi connectivity index (χ0) is 13.5. The van der Waals surface area contributed by atoms with Gasteiger partial charge in [-0.15, -0.1) is 0 Å². The number of amides is 1. The van der Waals surface area contributed by atoms with Gasteiger partial charge < -0.3 is 15.4 Å². The number of anilines is 1. The molecule has 1 saturated heterocycles. The number of likely N-dealkylation sites (N-methyl/N-ethyl adjacent to an activating group) is 1. The number of hydrogen-bond acceptors (Lipinski definition) is 3. The fraction of sp³-hybridized carbons (Fsp3) is 0.533. The van der Waals surface area contributed by atoms with E-state index in [1.54, 1.807) is 7.05 Å². The molecule has 4 heteroatoms. The zero-order valence-electron chi connectivity index (χ0n) is 11.4. The Morgan fingerprint density at radius 2 is 2.26 bits per heavy atom. The van der Waals surface area contributed by atoms with E-state index >= 15 is 0 Å². The summed E-state index contributed by atoms with van der Waals surface area (Å²) >= 11 is 0. The number of nitrogens with one attached hydrogen (secondary N) is 2. The normalized spacial score (nSPS) is 18.9. The minimum absolute atomic E-state index is 0.0373. The fourth-order valence-electron chi connectivity index (χ4n) is 2.33. The quantitative estimate of drug-likeness (QED) is 0.851. The van der Waals surface area contributed by atoms with Crippen LogP contribution in [0.4, 0.5) is 5.69 Å². The van der Waals surface area contributed by atoms with Crippen molar-refractivity contribution < 1.29 is 9.53 Å². The summed E-state index contributed by atoms with van der Waals surface area (Å²) in [6.07, 6.45) is 2.78. The molecule has 19 heavy (non-hydrogen) atoms. The maximum atomic E-state index is 11.5. The Kier molecular flexibility index (Phi) is 5.21. The van der Waals surface area contributed by atoms with Crippen molar-refractivity contribution in [3.8, 4) is 0 Å². The van der Waals surface area contributed by atoms with Crippen molar-refractivity contribution in [2.75, 3.05) is 32.1 Å². The SMILES string of the molecule is CNC(=O)Cc1ccccc1NCC1CCCOC1. The monoisotopic (exact) mass is 262 g/mol. The fourth-order valence-corrected chi connectivity index (χ4v) is 2.33. The van der Waals surface area contributed by atoms with Crippen molar-refractivity contribution in [2.45, 2.75) is 19.3 Å². The molecular formula is C15H22N2O2. The molecule has 0 radical (unpaired) electrons. The number of hydrogen-bond donors (Lipinski definition) is 2. The Bertz CT molecular complexity index is 414. The first-order valence-corrected chi connectivity index (χ1v) is 6.89. The Morgan fingerprint density at radius 3 is 3.00 bits per heavy atom. The highest BCUT2D eigenvalue weighted by Crippen LogP contribution is 2.19. The highest BCUT2D eigenvalue weighted by atomic mass is 16.5. The molecular weight excluding hydrogens is 240 g/mol. The van der Waals surface area contributed by atoms with Crippen molar-refractivity contribution in [3.63, 3.8) is 0 Å². The van der Waals surface area contributed by atoms with Crippen LogP contribution >= 0.6 is 0 Å². The molecule has 0 spiro atoms. The van der Waals surface area contributed by atoms with Crippen molar-refractivity contribution in [1.82, 2.24) is 5.32 Å². The van der Waals surface area contributed by atoms with Gasteiger partial charge in [-0.25, -0.2) is 0 Å². The molecule has 0 saturated carbocycles. The Morgan fingerprint density at radius 1 is 1.42 bits per heavy atom.